The Morgan fingerprint density at radius 1 is 1.08 bits per heavy atom. The van der Waals surface area contributed by atoms with Crippen LogP contribution in [0.5, 0.6) is 0 Å². The van der Waals surface area contributed by atoms with E-state index in [4.69, 9.17) is 0 Å². The van der Waals surface area contributed by atoms with Gasteiger partial charge in [-0.1, -0.05) is 29.8 Å². The van der Waals surface area contributed by atoms with E-state index in [0.29, 0.717) is 12.6 Å². The fourth-order valence-corrected chi connectivity index (χ4v) is 3.33. The minimum absolute atomic E-state index is 0.0517. The summed E-state index contributed by atoms with van der Waals surface area (Å²) in [5, 5.41) is 4.12. The van der Waals surface area contributed by atoms with E-state index in [0.717, 1.165) is 23.3 Å². The standard InChI is InChI=1S/C17H15F2N3O2S/c1-12-2-4-13(5-3-12)11-22-9-8-17(20-22)21-25(23,24)16-7-6-14(18)10-15(16)19/h2-10H,11H2,1H3,(H,20,21). The Hall–Kier alpha value is -2.74. The van der Waals surface area contributed by atoms with Crippen LogP contribution in [0.3, 0.4) is 0 Å². The molecule has 0 atom stereocenters. The van der Waals surface area contributed by atoms with Gasteiger partial charge in [-0.25, -0.2) is 17.2 Å². The Labute approximate surface area is 144 Å². The average molecular weight is 363 g/mol. The Morgan fingerprint density at radius 3 is 2.48 bits per heavy atom. The van der Waals surface area contributed by atoms with E-state index in [1.165, 1.54) is 6.07 Å². The molecule has 3 rings (SSSR count). The molecule has 1 N–H and O–H groups in total. The van der Waals surface area contributed by atoms with Crippen molar-refractivity contribution in [3.8, 4) is 0 Å². The van der Waals surface area contributed by atoms with Crippen LogP contribution in [0, 0.1) is 18.6 Å². The highest BCUT2D eigenvalue weighted by atomic mass is 32.2. The molecular weight excluding hydrogens is 348 g/mol. The first-order valence-corrected chi connectivity index (χ1v) is 8.89. The molecule has 0 spiro atoms. The second kappa shape index (κ2) is 6.64. The van der Waals surface area contributed by atoms with Gasteiger partial charge in [0.15, 0.2) is 5.82 Å². The minimum atomic E-state index is -4.19. The number of aryl methyl sites for hydroxylation is 1. The molecule has 8 heteroatoms. The predicted octanol–water partition coefficient (Wildman–Crippen LogP) is 3.32. The summed E-state index contributed by atoms with van der Waals surface area (Å²) in [4.78, 5) is -0.637. The number of hydrogen-bond donors (Lipinski definition) is 1. The van der Waals surface area contributed by atoms with Gasteiger partial charge in [-0.05, 0) is 24.6 Å². The summed E-state index contributed by atoms with van der Waals surface area (Å²) in [5.41, 5.74) is 2.15. The van der Waals surface area contributed by atoms with Crippen molar-refractivity contribution in [3.63, 3.8) is 0 Å². The van der Waals surface area contributed by atoms with E-state index in [2.05, 4.69) is 9.82 Å². The first-order valence-electron chi connectivity index (χ1n) is 7.40. The van der Waals surface area contributed by atoms with Crippen LogP contribution >= 0.6 is 0 Å². The molecule has 0 unspecified atom stereocenters. The van der Waals surface area contributed by atoms with Crippen molar-refractivity contribution in [2.24, 2.45) is 0 Å². The van der Waals surface area contributed by atoms with Gasteiger partial charge in [-0.2, -0.15) is 5.10 Å². The van der Waals surface area contributed by atoms with Crippen LogP contribution in [0.1, 0.15) is 11.1 Å². The number of nitrogens with one attached hydrogen (secondary N) is 1. The first-order chi connectivity index (χ1) is 11.8. The maximum Gasteiger partial charge on any atom is 0.266 e. The van der Waals surface area contributed by atoms with Crippen LogP contribution in [0.25, 0.3) is 0 Å². The van der Waals surface area contributed by atoms with Crippen LogP contribution in [-0.2, 0) is 16.6 Å². The number of rotatable bonds is 5. The number of halogens is 2. The van der Waals surface area contributed by atoms with Gasteiger partial charge in [0, 0.05) is 18.3 Å². The molecule has 0 fully saturated rings. The molecule has 0 radical (unpaired) electrons. The highest BCUT2D eigenvalue weighted by Gasteiger charge is 2.20. The largest absolute Gasteiger partial charge is 0.266 e. The summed E-state index contributed by atoms with van der Waals surface area (Å²) in [6.07, 6.45) is 1.61. The molecule has 25 heavy (non-hydrogen) atoms. The number of nitrogens with zero attached hydrogens (tertiary/aromatic N) is 2. The maximum atomic E-state index is 13.7. The summed E-state index contributed by atoms with van der Waals surface area (Å²) >= 11 is 0. The number of sulfonamides is 1. The van der Waals surface area contributed by atoms with E-state index in [9.17, 15) is 17.2 Å². The van der Waals surface area contributed by atoms with Gasteiger partial charge in [0.2, 0.25) is 0 Å². The second-order valence-electron chi connectivity index (χ2n) is 5.56. The third-order valence-electron chi connectivity index (χ3n) is 3.53. The van der Waals surface area contributed by atoms with Crippen LogP contribution in [0.4, 0.5) is 14.6 Å². The van der Waals surface area contributed by atoms with Crippen molar-refractivity contribution in [1.82, 2.24) is 9.78 Å². The molecule has 1 heterocycles. The molecule has 5 nitrogen and oxygen atoms in total. The lowest BCUT2D eigenvalue weighted by Gasteiger charge is -2.07. The van der Waals surface area contributed by atoms with Gasteiger partial charge in [0.05, 0.1) is 6.54 Å². The summed E-state index contributed by atoms with van der Waals surface area (Å²) in [7, 11) is -4.19. The Kier molecular flexibility index (Phi) is 4.54. The Balaban J connectivity index is 1.77. The van der Waals surface area contributed by atoms with Gasteiger partial charge >= 0.3 is 0 Å². The number of aromatic nitrogens is 2. The Bertz CT molecular complexity index is 999. The molecule has 0 bridgehead atoms. The van der Waals surface area contributed by atoms with Crippen molar-refractivity contribution in [1.29, 1.82) is 0 Å². The molecule has 0 aliphatic carbocycles. The zero-order valence-electron chi connectivity index (χ0n) is 13.3. The quantitative estimate of drug-likeness (QED) is 0.756. The lowest BCUT2D eigenvalue weighted by atomic mass is 10.1. The highest BCUT2D eigenvalue weighted by Crippen LogP contribution is 2.19. The van der Waals surface area contributed by atoms with Crippen LogP contribution in [0.15, 0.2) is 59.6 Å². The van der Waals surface area contributed by atoms with Crippen molar-refractivity contribution in [2.45, 2.75) is 18.4 Å². The smallest absolute Gasteiger partial charge is 0.266 e. The first kappa shape index (κ1) is 17.1. The second-order valence-corrected chi connectivity index (χ2v) is 7.22. The normalized spacial score (nSPS) is 11.5. The maximum absolute atomic E-state index is 13.7. The molecule has 0 amide bonds. The van der Waals surface area contributed by atoms with Crippen LogP contribution < -0.4 is 4.72 Å². The minimum Gasteiger partial charge on any atom is -0.266 e. The van der Waals surface area contributed by atoms with Gasteiger partial charge < -0.3 is 0 Å². The monoisotopic (exact) mass is 363 g/mol. The van der Waals surface area contributed by atoms with Crippen molar-refractivity contribution in [3.05, 3.63) is 77.5 Å². The Morgan fingerprint density at radius 2 is 1.80 bits per heavy atom. The molecule has 1 aromatic heterocycles. The number of anilines is 1. The molecule has 0 saturated carbocycles. The molecule has 2 aromatic carbocycles. The fraction of sp³-hybridized carbons (Fsp3) is 0.118. The summed E-state index contributed by atoms with van der Waals surface area (Å²) < 4.78 is 54.8. The zero-order valence-corrected chi connectivity index (χ0v) is 14.1. The summed E-state index contributed by atoms with van der Waals surface area (Å²) in [6, 6.07) is 11.6. The van der Waals surface area contributed by atoms with Crippen molar-refractivity contribution < 1.29 is 17.2 Å². The van der Waals surface area contributed by atoms with E-state index < -0.39 is 26.6 Å². The summed E-state index contributed by atoms with van der Waals surface area (Å²) in [5.74, 6) is -1.96. The van der Waals surface area contributed by atoms with E-state index >= 15 is 0 Å². The lowest BCUT2D eigenvalue weighted by Crippen LogP contribution is -2.15. The predicted molar refractivity (Wildman–Crippen MR) is 89.7 cm³/mol. The molecule has 0 aliphatic rings. The molecule has 0 aliphatic heterocycles. The number of hydrogen-bond acceptors (Lipinski definition) is 3. The summed E-state index contributed by atoms with van der Waals surface area (Å²) in [6.45, 7) is 2.45. The molecule has 3 aromatic rings. The molecular formula is C17H15F2N3O2S. The molecule has 130 valence electrons. The van der Waals surface area contributed by atoms with Gasteiger partial charge in [-0.3, -0.25) is 9.40 Å². The highest BCUT2D eigenvalue weighted by molar-refractivity contribution is 7.92. The van der Waals surface area contributed by atoms with E-state index in [-0.39, 0.29) is 5.82 Å². The third kappa shape index (κ3) is 4.03. The fourth-order valence-electron chi connectivity index (χ4n) is 2.27. The average Bonchev–Trinajstić information content (AvgIpc) is 2.95. The van der Waals surface area contributed by atoms with Crippen molar-refractivity contribution in [2.75, 3.05) is 4.72 Å². The number of benzene rings is 2. The molecule has 0 saturated heterocycles. The van der Waals surface area contributed by atoms with Gasteiger partial charge in [-0.15, -0.1) is 0 Å². The van der Waals surface area contributed by atoms with Gasteiger partial charge in [0.25, 0.3) is 10.0 Å². The van der Waals surface area contributed by atoms with Crippen molar-refractivity contribution >= 4 is 15.8 Å². The lowest BCUT2D eigenvalue weighted by molar-refractivity contribution is 0.551. The zero-order chi connectivity index (χ0) is 18.0. The van der Waals surface area contributed by atoms with E-state index in [1.54, 1.807) is 10.9 Å². The van der Waals surface area contributed by atoms with E-state index in [1.807, 2.05) is 31.2 Å². The SMILES string of the molecule is Cc1ccc(Cn2ccc(NS(=O)(=O)c3ccc(F)cc3F)n2)cc1. The van der Waals surface area contributed by atoms with Gasteiger partial charge in [0.1, 0.15) is 16.5 Å². The topological polar surface area (TPSA) is 64.0 Å². The van der Waals surface area contributed by atoms with Crippen LogP contribution in [0.2, 0.25) is 0 Å². The van der Waals surface area contributed by atoms with Crippen LogP contribution in [-0.4, -0.2) is 18.2 Å². The third-order valence-corrected chi connectivity index (χ3v) is 4.92.